The molecule has 0 saturated carbocycles. The smallest absolute Gasteiger partial charge is 0.243 e. The summed E-state index contributed by atoms with van der Waals surface area (Å²) in [6, 6.07) is 6.17. The van der Waals surface area contributed by atoms with E-state index in [0.717, 1.165) is 12.0 Å². The van der Waals surface area contributed by atoms with E-state index in [9.17, 15) is 16.8 Å². The predicted octanol–water partition coefficient (Wildman–Crippen LogP) is 0.386. The molecule has 22 heavy (non-hydrogen) atoms. The predicted molar refractivity (Wildman–Crippen MR) is 85.8 cm³/mol. The van der Waals surface area contributed by atoms with Crippen molar-refractivity contribution in [2.45, 2.75) is 30.7 Å². The normalized spacial score (nSPS) is 21.3. The Balaban J connectivity index is 2.33. The van der Waals surface area contributed by atoms with E-state index in [1.807, 2.05) is 6.92 Å². The molecule has 0 aliphatic carbocycles. The lowest BCUT2D eigenvalue weighted by atomic mass is 10.2. The van der Waals surface area contributed by atoms with Crippen LogP contribution in [0, 0.1) is 0 Å². The molecular formula is C14H22N2O4S2. The summed E-state index contributed by atoms with van der Waals surface area (Å²) >= 11 is 0. The Labute approximate surface area is 132 Å². The quantitative estimate of drug-likeness (QED) is 0.803. The van der Waals surface area contributed by atoms with Gasteiger partial charge >= 0.3 is 0 Å². The van der Waals surface area contributed by atoms with E-state index >= 15 is 0 Å². The van der Waals surface area contributed by atoms with Crippen LogP contribution in [-0.2, 0) is 26.3 Å². The standard InChI is InChI=1S/C14H22N2O4S2/c1-2-12-3-5-14(6-4-12)22(19,20)16(9-8-15)13-7-10-21(17,18)11-13/h3-6,13H,2,7-11,15H2,1H3/t13-/m1/s1. The van der Waals surface area contributed by atoms with E-state index in [4.69, 9.17) is 5.73 Å². The van der Waals surface area contributed by atoms with Gasteiger partial charge in [0.05, 0.1) is 16.4 Å². The minimum atomic E-state index is -3.73. The van der Waals surface area contributed by atoms with Crippen molar-refractivity contribution in [3.63, 3.8) is 0 Å². The Morgan fingerprint density at radius 2 is 1.91 bits per heavy atom. The maximum atomic E-state index is 12.8. The molecule has 1 aromatic rings. The molecule has 6 nitrogen and oxygen atoms in total. The molecule has 0 unspecified atom stereocenters. The van der Waals surface area contributed by atoms with E-state index in [-0.39, 0.29) is 29.5 Å². The number of aryl methyl sites for hydroxylation is 1. The lowest BCUT2D eigenvalue weighted by molar-refractivity contribution is 0.347. The van der Waals surface area contributed by atoms with Gasteiger partial charge in [0.1, 0.15) is 0 Å². The van der Waals surface area contributed by atoms with Gasteiger partial charge < -0.3 is 5.73 Å². The van der Waals surface area contributed by atoms with Gasteiger partial charge in [0.15, 0.2) is 9.84 Å². The highest BCUT2D eigenvalue weighted by molar-refractivity contribution is 7.92. The summed E-state index contributed by atoms with van der Waals surface area (Å²) < 4.78 is 50.1. The van der Waals surface area contributed by atoms with Crippen LogP contribution in [-0.4, -0.2) is 51.8 Å². The van der Waals surface area contributed by atoms with Crippen molar-refractivity contribution in [2.75, 3.05) is 24.6 Å². The van der Waals surface area contributed by atoms with Crippen molar-refractivity contribution < 1.29 is 16.8 Å². The molecule has 0 spiro atoms. The third kappa shape index (κ3) is 3.68. The van der Waals surface area contributed by atoms with Gasteiger partial charge in [-0.05, 0) is 30.5 Å². The van der Waals surface area contributed by atoms with Crippen molar-refractivity contribution in [2.24, 2.45) is 5.73 Å². The van der Waals surface area contributed by atoms with Crippen LogP contribution in [0.3, 0.4) is 0 Å². The average Bonchev–Trinajstić information content (AvgIpc) is 2.84. The Bertz CT molecular complexity index is 712. The Kier molecular flexibility index (Phi) is 5.26. The summed E-state index contributed by atoms with van der Waals surface area (Å²) in [7, 11) is -6.89. The highest BCUT2D eigenvalue weighted by atomic mass is 32.2. The maximum Gasteiger partial charge on any atom is 0.243 e. The second-order valence-corrected chi connectivity index (χ2v) is 9.58. The molecule has 1 fully saturated rings. The van der Waals surface area contributed by atoms with Crippen LogP contribution in [0.4, 0.5) is 0 Å². The summed E-state index contributed by atoms with van der Waals surface area (Å²) in [6.45, 7) is 2.27. The topological polar surface area (TPSA) is 97.5 Å². The number of sulfone groups is 1. The van der Waals surface area contributed by atoms with Crippen LogP contribution < -0.4 is 5.73 Å². The number of hydrogen-bond donors (Lipinski definition) is 1. The van der Waals surface area contributed by atoms with Crippen LogP contribution in [0.2, 0.25) is 0 Å². The molecular weight excluding hydrogens is 324 g/mol. The van der Waals surface area contributed by atoms with Crippen LogP contribution in [0.15, 0.2) is 29.2 Å². The summed E-state index contributed by atoms with van der Waals surface area (Å²) in [5.74, 6) is -0.0949. The van der Waals surface area contributed by atoms with Gasteiger partial charge in [-0.25, -0.2) is 16.8 Å². The molecule has 0 bridgehead atoms. The first-order chi connectivity index (χ1) is 10.3. The number of hydrogen-bond acceptors (Lipinski definition) is 5. The van der Waals surface area contributed by atoms with Gasteiger partial charge in [-0.2, -0.15) is 4.31 Å². The molecule has 1 atom stereocenters. The zero-order valence-corrected chi connectivity index (χ0v) is 14.2. The Morgan fingerprint density at radius 1 is 1.27 bits per heavy atom. The van der Waals surface area contributed by atoms with Gasteiger partial charge in [-0.15, -0.1) is 0 Å². The lowest BCUT2D eigenvalue weighted by Crippen LogP contribution is -2.43. The first-order valence-electron chi connectivity index (χ1n) is 7.31. The van der Waals surface area contributed by atoms with Gasteiger partial charge in [0.2, 0.25) is 10.0 Å². The molecule has 1 saturated heterocycles. The maximum absolute atomic E-state index is 12.8. The lowest BCUT2D eigenvalue weighted by Gasteiger charge is -2.26. The number of rotatable bonds is 6. The molecule has 1 heterocycles. The monoisotopic (exact) mass is 346 g/mol. The van der Waals surface area contributed by atoms with Crippen molar-refractivity contribution in [3.05, 3.63) is 29.8 Å². The van der Waals surface area contributed by atoms with E-state index in [1.165, 1.54) is 4.31 Å². The largest absolute Gasteiger partial charge is 0.329 e. The van der Waals surface area contributed by atoms with E-state index in [2.05, 4.69) is 0 Å². The molecule has 2 rings (SSSR count). The third-order valence-corrected chi connectivity index (χ3v) is 7.62. The molecule has 2 N–H and O–H groups in total. The van der Waals surface area contributed by atoms with Gasteiger partial charge in [0, 0.05) is 19.1 Å². The number of benzene rings is 1. The van der Waals surface area contributed by atoms with Crippen LogP contribution in [0.5, 0.6) is 0 Å². The number of nitrogens with two attached hydrogens (primary N) is 1. The van der Waals surface area contributed by atoms with Crippen molar-refractivity contribution in [3.8, 4) is 0 Å². The molecule has 0 amide bonds. The summed E-state index contributed by atoms with van der Waals surface area (Å²) in [6.07, 6.45) is 1.16. The fourth-order valence-electron chi connectivity index (χ4n) is 2.66. The van der Waals surface area contributed by atoms with E-state index in [0.29, 0.717) is 6.42 Å². The average molecular weight is 346 g/mol. The fourth-order valence-corrected chi connectivity index (χ4v) is 6.16. The molecule has 1 aromatic carbocycles. The minimum absolute atomic E-state index is 0.0308. The third-order valence-electron chi connectivity index (χ3n) is 3.90. The Morgan fingerprint density at radius 3 is 2.36 bits per heavy atom. The number of nitrogens with zero attached hydrogens (tertiary/aromatic N) is 1. The van der Waals surface area contributed by atoms with Gasteiger partial charge in [-0.1, -0.05) is 19.1 Å². The molecule has 0 aromatic heterocycles. The van der Waals surface area contributed by atoms with Crippen LogP contribution in [0.1, 0.15) is 18.9 Å². The van der Waals surface area contributed by atoms with E-state index in [1.54, 1.807) is 24.3 Å². The zero-order valence-electron chi connectivity index (χ0n) is 12.6. The molecule has 124 valence electrons. The fraction of sp³-hybridized carbons (Fsp3) is 0.571. The summed E-state index contributed by atoms with van der Waals surface area (Å²) in [5, 5.41) is 0. The highest BCUT2D eigenvalue weighted by Crippen LogP contribution is 2.25. The van der Waals surface area contributed by atoms with Gasteiger partial charge in [-0.3, -0.25) is 0 Å². The minimum Gasteiger partial charge on any atom is -0.329 e. The second-order valence-electron chi connectivity index (χ2n) is 5.46. The van der Waals surface area contributed by atoms with Gasteiger partial charge in [0.25, 0.3) is 0 Å². The molecule has 0 radical (unpaired) electrons. The summed E-state index contributed by atoms with van der Waals surface area (Å²) in [5.41, 5.74) is 6.58. The van der Waals surface area contributed by atoms with Crippen molar-refractivity contribution in [1.29, 1.82) is 0 Å². The van der Waals surface area contributed by atoms with Crippen molar-refractivity contribution in [1.82, 2.24) is 4.31 Å². The van der Waals surface area contributed by atoms with Crippen LogP contribution >= 0.6 is 0 Å². The number of sulfonamides is 1. The summed E-state index contributed by atoms with van der Waals surface area (Å²) in [4.78, 5) is 0.183. The Hall–Kier alpha value is -0.960. The molecule has 8 heteroatoms. The first kappa shape index (κ1) is 17.4. The van der Waals surface area contributed by atoms with E-state index < -0.39 is 25.9 Å². The highest BCUT2D eigenvalue weighted by Gasteiger charge is 2.38. The van der Waals surface area contributed by atoms with Crippen molar-refractivity contribution >= 4 is 19.9 Å². The first-order valence-corrected chi connectivity index (χ1v) is 10.6. The zero-order chi connectivity index (χ0) is 16.4. The SMILES string of the molecule is CCc1ccc(S(=O)(=O)N(CCN)[C@@H]2CCS(=O)(=O)C2)cc1. The van der Waals surface area contributed by atoms with Crippen LogP contribution in [0.25, 0.3) is 0 Å². The second kappa shape index (κ2) is 6.66. The molecule has 1 aliphatic rings. The molecule has 1 aliphatic heterocycles.